The minimum absolute atomic E-state index is 0.296. The SMILES string of the molecule is CCOC(=O)C(C)N=Cc1ccc(F)cc1. The standard InChI is InChI=1S/C12H14FNO2/c1-3-16-12(15)9(2)14-8-10-4-6-11(13)7-5-10/h4-9H,3H2,1-2H3. The molecule has 0 aliphatic heterocycles. The summed E-state index contributed by atoms with van der Waals surface area (Å²) in [4.78, 5) is 15.2. The first-order valence-corrected chi connectivity index (χ1v) is 5.09. The van der Waals surface area contributed by atoms with E-state index in [1.165, 1.54) is 18.3 Å². The number of hydrogen-bond donors (Lipinski definition) is 0. The summed E-state index contributed by atoms with van der Waals surface area (Å²) < 4.78 is 17.4. The van der Waals surface area contributed by atoms with E-state index in [2.05, 4.69) is 4.99 Å². The average molecular weight is 223 g/mol. The third-order valence-corrected chi connectivity index (χ3v) is 1.94. The molecule has 1 aromatic rings. The van der Waals surface area contributed by atoms with Gasteiger partial charge in [0.15, 0.2) is 0 Å². The Morgan fingerprint density at radius 1 is 1.50 bits per heavy atom. The summed E-state index contributed by atoms with van der Waals surface area (Å²) in [6.07, 6.45) is 1.53. The lowest BCUT2D eigenvalue weighted by molar-refractivity contribution is -0.144. The van der Waals surface area contributed by atoms with Crippen LogP contribution in [-0.2, 0) is 9.53 Å². The second-order valence-electron chi connectivity index (χ2n) is 3.26. The van der Waals surface area contributed by atoms with Gasteiger partial charge in [-0.1, -0.05) is 12.1 Å². The highest BCUT2D eigenvalue weighted by atomic mass is 19.1. The molecule has 3 nitrogen and oxygen atoms in total. The molecule has 86 valence electrons. The van der Waals surface area contributed by atoms with Gasteiger partial charge in [0.25, 0.3) is 0 Å². The lowest BCUT2D eigenvalue weighted by atomic mass is 10.2. The Balaban J connectivity index is 2.59. The number of nitrogens with zero attached hydrogens (tertiary/aromatic N) is 1. The number of benzene rings is 1. The van der Waals surface area contributed by atoms with Gasteiger partial charge in [-0.15, -0.1) is 0 Å². The molecule has 4 heteroatoms. The van der Waals surface area contributed by atoms with Gasteiger partial charge in [-0.05, 0) is 31.5 Å². The predicted molar refractivity (Wildman–Crippen MR) is 60.1 cm³/mol. The van der Waals surface area contributed by atoms with Gasteiger partial charge < -0.3 is 4.74 Å². The number of ether oxygens (including phenoxy) is 1. The highest BCUT2D eigenvalue weighted by Crippen LogP contribution is 2.01. The molecule has 0 aromatic heterocycles. The molecule has 1 atom stereocenters. The van der Waals surface area contributed by atoms with Crippen LogP contribution in [0.4, 0.5) is 4.39 Å². The largest absolute Gasteiger partial charge is 0.464 e. The van der Waals surface area contributed by atoms with Crippen LogP contribution in [0.5, 0.6) is 0 Å². The van der Waals surface area contributed by atoms with Crippen molar-refractivity contribution in [1.82, 2.24) is 0 Å². The molecule has 1 rings (SSSR count). The highest BCUT2D eigenvalue weighted by Gasteiger charge is 2.10. The van der Waals surface area contributed by atoms with Crippen molar-refractivity contribution in [3.63, 3.8) is 0 Å². The first-order valence-electron chi connectivity index (χ1n) is 5.09. The summed E-state index contributed by atoms with van der Waals surface area (Å²) in [7, 11) is 0. The molecule has 0 fully saturated rings. The Hall–Kier alpha value is -1.71. The molecule has 0 bridgehead atoms. The summed E-state index contributed by atoms with van der Waals surface area (Å²) in [6, 6.07) is 5.34. The molecule has 0 radical (unpaired) electrons. The van der Waals surface area contributed by atoms with Crippen LogP contribution >= 0.6 is 0 Å². The molecule has 0 N–H and O–H groups in total. The van der Waals surface area contributed by atoms with Gasteiger partial charge in [0.2, 0.25) is 0 Å². The molecule has 0 saturated carbocycles. The second kappa shape index (κ2) is 6.00. The fraction of sp³-hybridized carbons (Fsp3) is 0.333. The number of hydrogen-bond acceptors (Lipinski definition) is 3. The van der Waals surface area contributed by atoms with Crippen LogP contribution in [0.3, 0.4) is 0 Å². The zero-order valence-electron chi connectivity index (χ0n) is 9.31. The van der Waals surface area contributed by atoms with Crippen LogP contribution < -0.4 is 0 Å². The van der Waals surface area contributed by atoms with E-state index < -0.39 is 6.04 Å². The van der Waals surface area contributed by atoms with Gasteiger partial charge in [-0.2, -0.15) is 0 Å². The molecule has 16 heavy (non-hydrogen) atoms. The van der Waals surface area contributed by atoms with Crippen LogP contribution in [0.25, 0.3) is 0 Å². The molecule has 0 spiro atoms. The Bertz CT molecular complexity index is 373. The van der Waals surface area contributed by atoms with E-state index in [1.807, 2.05) is 0 Å². The van der Waals surface area contributed by atoms with Gasteiger partial charge in [-0.25, -0.2) is 9.18 Å². The maximum Gasteiger partial charge on any atom is 0.330 e. The number of carbonyl (C=O) groups is 1. The Morgan fingerprint density at radius 2 is 2.12 bits per heavy atom. The average Bonchev–Trinajstić information content (AvgIpc) is 2.28. The molecule has 0 amide bonds. The molecular weight excluding hydrogens is 209 g/mol. The van der Waals surface area contributed by atoms with Gasteiger partial charge in [0.1, 0.15) is 11.9 Å². The summed E-state index contributed by atoms with van der Waals surface area (Å²) in [5.41, 5.74) is 0.748. The Morgan fingerprint density at radius 3 is 2.69 bits per heavy atom. The minimum Gasteiger partial charge on any atom is -0.464 e. The highest BCUT2D eigenvalue weighted by molar-refractivity contribution is 5.83. The van der Waals surface area contributed by atoms with E-state index in [4.69, 9.17) is 4.74 Å². The van der Waals surface area contributed by atoms with Gasteiger partial charge in [0, 0.05) is 6.21 Å². The molecule has 0 heterocycles. The zero-order chi connectivity index (χ0) is 12.0. The van der Waals surface area contributed by atoms with Gasteiger partial charge in [-0.3, -0.25) is 4.99 Å². The maximum atomic E-state index is 12.6. The fourth-order valence-corrected chi connectivity index (χ4v) is 1.07. The van der Waals surface area contributed by atoms with Crippen molar-refractivity contribution in [2.24, 2.45) is 4.99 Å². The van der Waals surface area contributed by atoms with Crippen molar-refractivity contribution in [3.05, 3.63) is 35.6 Å². The quantitative estimate of drug-likeness (QED) is 0.579. The van der Waals surface area contributed by atoms with E-state index in [9.17, 15) is 9.18 Å². The van der Waals surface area contributed by atoms with Crippen molar-refractivity contribution in [2.45, 2.75) is 19.9 Å². The Labute approximate surface area is 94.0 Å². The molecular formula is C12H14FNO2. The summed E-state index contributed by atoms with van der Waals surface area (Å²) >= 11 is 0. The van der Waals surface area contributed by atoms with Gasteiger partial charge in [0.05, 0.1) is 6.61 Å². The molecule has 0 aliphatic rings. The van der Waals surface area contributed by atoms with Crippen LogP contribution in [0.2, 0.25) is 0 Å². The van der Waals surface area contributed by atoms with Gasteiger partial charge >= 0.3 is 5.97 Å². The van der Waals surface area contributed by atoms with E-state index in [-0.39, 0.29) is 11.8 Å². The van der Waals surface area contributed by atoms with Crippen molar-refractivity contribution < 1.29 is 13.9 Å². The zero-order valence-corrected chi connectivity index (χ0v) is 9.31. The van der Waals surface area contributed by atoms with Crippen molar-refractivity contribution in [3.8, 4) is 0 Å². The summed E-state index contributed by atoms with van der Waals surface area (Å²) in [5.74, 6) is -0.656. The summed E-state index contributed by atoms with van der Waals surface area (Å²) in [6.45, 7) is 3.74. The minimum atomic E-state index is -0.537. The third kappa shape index (κ3) is 3.81. The smallest absolute Gasteiger partial charge is 0.330 e. The van der Waals surface area contributed by atoms with Crippen molar-refractivity contribution in [1.29, 1.82) is 0 Å². The van der Waals surface area contributed by atoms with E-state index in [0.717, 1.165) is 5.56 Å². The predicted octanol–water partition coefficient (Wildman–Crippen LogP) is 2.20. The van der Waals surface area contributed by atoms with Crippen LogP contribution in [0.15, 0.2) is 29.3 Å². The van der Waals surface area contributed by atoms with Crippen molar-refractivity contribution >= 4 is 12.2 Å². The first-order chi connectivity index (χ1) is 7.63. The Kier molecular flexibility index (Phi) is 4.64. The number of carbonyl (C=O) groups excluding carboxylic acids is 1. The number of esters is 1. The van der Waals surface area contributed by atoms with E-state index in [1.54, 1.807) is 26.0 Å². The number of aliphatic imine (C=N–C) groups is 1. The normalized spacial score (nSPS) is 12.7. The number of halogens is 1. The van der Waals surface area contributed by atoms with E-state index in [0.29, 0.717) is 6.61 Å². The molecule has 0 aliphatic carbocycles. The van der Waals surface area contributed by atoms with Crippen LogP contribution in [0, 0.1) is 5.82 Å². The lowest BCUT2D eigenvalue weighted by Gasteiger charge is -2.04. The van der Waals surface area contributed by atoms with E-state index >= 15 is 0 Å². The lowest BCUT2D eigenvalue weighted by Crippen LogP contribution is -2.18. The second-order valence-corrected chi connectivity index (χ2v) is 3.26. The molecule has 1 aromatic carbocycles. The summed E-state index contributed by atoms with van der Waals surface area (Å²) in [5, 5.41) is 0. The molecule has 1 unspecified atom stereocenters. The monoisotopic (exact) mass is 223 g/mol. The topological polar surface area (TPSA) is 38.7 Å². The number of rotatable bonds is 4. The first kappa shape index (κ1) is 12.4. The van der Waals surface area contributed by atoms with Crippen LogP contribution in [0.1, 0.15) is 19.4 Å². The maximum absolute atomic E-state index is 12.6. The third-order valence-electron chi connectivity index (χ3n) is 1.94. The van der Waals surface area contributed by atoms with Crippen LogP contribution in [-0.4, -0.2) is 24.8 Å². The van der Waals surface area contributed by atoms with Crippen molar-refractivity contribution in [2.75, 3.05) is 6.61 Å². The molecule has 0 saturated heterocycles. The fourth-order valence-electron chi connectivity index (χ4n) is 1.07.